The highest BCUT2D eigenvalue weighted by Crippen LogP contribution is 2.34. The van der Waals surface area contributed by atoms with Gasteiger partial charge in [0, 0.05) is 55.2 Å². The van der Waals surface area contributed by atoms with Crippen molar-refractivity contribution in [3.8, 4) is 22.6 Å². The monoisotopic (exact) mass is 452 g/mol. The van der Waals surface area contributed by atoms with Crippen LogP contribution < -0.4 is 5.32 Å². The van der Waals surface area contributed by atoms with Crippen LogP contribution in [-0.2, 0) is 4.74 Å². The molecule has 0 bridgehead atoms. The van der Waals surface area contributed by atoms with E-state index in [4.69, 9.17) is 14.7 Å². The van der Waals surface area contributed by atoms with E-state index in [1.807, 2.05) is 30.1 Å². The number of imidazole rings is 1. The minimum absolute atomic E-state index is 0.758. The average molecular weight is 453 g/mol. The second-order valence-corrected chi connectivity index (χ2v) is 8.90. The highest BCUT2D eigenvalue weighted by atomic mass is 32.2. The Morgan fingerprint density at radius 2 is 1.97 bits per heavy atom. The quantitative estimate of drug-likeness (QED) is 0.336. The molecule has 0 unspecified atom stereocenters. The van der Waals surface area contributed by atoms with Crippen LogP contribution in [0.25, 0.3) is 27.6 Å². The van der Waals surface area contributed by atoms with Gasteiger partial charge in [-0.2, -0.15) is 0 Å². The molecule has 0 spiro atoms. The van der Waals surface area contributed by atoms with E-state index in [0.29, 0.717) is 0 Å². The molecular weight excluding hydrogens is 428 g/mol. The molecule has 1 aliphatic heterocycles. The number of nitrogens with zero attached hydrogens (tertiary/aromatic N) is 5. The number of aromatic nitrogens is 4. The molecule has 1 fully saturated rings. The van der Waals surface area contributed by atoms with Crippen LogP contribution in [0.3, 0.4) is 0 Å². The number of thiazole rings is 1. The SMILES string of the molecule is CSc1nccc(-c2c(-c3ccc(NCCN4CCOCC4)cc3)nc3sccn23)n1. The lowest BCUT2D eigenvalue weighted by atomic mass is 10.1. The number of anilines is 1. The lowest BCUT2D eigenvalue weighted by Gasteiger charge is -2.26. The minimum Gasteiger partial charge on any atom is -0.384 e. The summed E-state index contributed by atoms with van der Waals surface area (Å²) in [6, 6.07) is 10.5. The van der Waals surface area contributed by atoms with Crippen molar-refractivity contribution in [2.24, 2.45) is 0 Å². The van der Waals surface area contributed by atoms with Crippen LogP contribution in [-0.4, -0.2) is 69.9 Å². The number of nitrogens with one attached hydrogen (secondary N) is 1. The number of hydrogen-bond donors (Lipinski definition) is 1. The van der Waals surface area contributed by atoms with Gasteiger partial charge in [-0.25, -0.2) is 15.0 Å². The van der Waals surface area contributed by atoms with Gasteiger partial charge in [0.1, 0.15) is 5.69 Å². The Morgan fingerprint density at radius 3 is 2.77 bits per heavy atom. The number of hydrogen-bond acceptors (Lipinski definition) is 8. The maximum Gasteiger partial charge on any atom is 0.194 e. The third-order valence-electron chi connectivity index (χ3n) is 5.34. The molecular formula is C22H24N6OS2. The Kier molecular flexibility index (Phi) is 6.17. The van der Waals surface area contributed by atoms with Crippen LogP contribution in [0.5, 0.6) is 0 Å². The standard InChI is InChI=1S/C22H24N6OS2/c1-30-21-24-7-6-18(25-21)20-19(26-22-28(20)12-15-31-22)16-2-4-17(5-3-16)23-8-9-27-10-13-29-14-11-27/h2-7,12,15,23H,8-11,13-14H2,1H3. The van der Waals surface area contributed by atoms with E-state index in [0.717, 1.165) is 77.8 Å². The topological polar surface area (TPSA) is 67.6 Å². The van der Waals surface area contributed by atoms with Crippen LogP contribution >= 0.6 is 23.1 Å². The molecule has 0 saturated carbocycles. The van der Waals surface area contributed by atoms with Gasteiger partial charge in [-0.15, -0.1) is 11.3 Å². The van der Waals surface area contributed by atoms with Crippen molar-refractivity contribution in [2.75, 3.05) is 51.0 Å². The molecule has 3 aromatic heterocycles. The van der Waals surface area contributed by atoms with Crippen molar-refractivity contribution >= 4 is 33.7 Å². The van der Waals surface area contributed by atoms with E-state index in [1.54, 1.807) is 23.1 Å². The number of fused-ring (bicyclic) bond motifs is 1. The summed E-state index contributed by atoms with van der Waals surface area (Å²) in [4.78, 5) is 17.3. The van der Waals surface area contributed by atoms with Crippen molar-refractivity contribution in [3.63, 3.8) is 0 Å². The molecule has 31 heavy (non-hydrogen) atoms. The molecule has 5 rings (SSSR count). The molecule has 4 heterocycles. The molecule has 9 heteroatoms. The average Bonchev–Trinajstić information content (AvgIpc) is 3.42. The molecule has 4 aromatic rings. The van der Waals surface area contributed by atoms with Gasteiger partial charge >= 0.3 is 0 Å². The molecule has 0 atom stereocenters. The zero-order valence-corrected chi connectivity index (χ0v) is 19.0. The van der Waals surface area contributed by atoms with Gasteiger partial charge in [0.25, 0.3) is 0 Å². The van der Waals surface area contributed by atoms with Crippen molar-refractivity contribution < 1.29 is 4.74 Å². The van der Waals surface area contributed by atoms with E-state index in [2.05, 4.69) is 43.9 Å². The molecule has 1 aliphatic rings. The third kappa shape index (κ3) is 4.45. The van der Waals surface area contributed by atoms with Gasteiger partial charge < -0.3 is 10.1 Å². The van der Waals surface area contributed by atoms with Gasteiger partial charge in [0.15, 0.2) is 10.1 Å². The molecule has 1 saturated heterocycles. The van der Waals surface area contributed by atoms with Crippen molar-refractivity contribution in [1.82, 2.24) is 24.3 Å². The maximum absolute atomic E-state index is 5.41. The fourth-order valence-electron chi connectivity index (χ4n) is 3.73. The first kappa shape index (κ1) is 20.4. The molecule has 0 aliphatic carbocycles. The predicted molar refractivity (Wildman–Crippen MR) is 127 cm³/mol. The third-order valence-corrected chi connectivity index (χ3v) is 6.66. The first-order chi connectivity index (χ1) is 15.3. The Labute approximate surface area is 189 Å². The largest absolute Gasteiger partial charge is 0.384 e. The lowest BCUT2D eigenvalue weighted by Crippen LogP contribution is -2.38. The van der Waals surface area contributed by atoms with Crippen molar-refractivity contribution in [1.29, 1.82) is 0 Å². The normalized spacial score (nSPS) is 14.9. The summed E-state index contributed by atoms with van der Waals surface area (Å²) in [5.41, 5.74) is 5.02. The van der Waals surface area contributed by atoms with E-state index < -0.39 is 0 Å². The molecule has 160 valence electrons. The first-order valence-electron chi connectivity index (χ1n) is 10.3. The van der Waals surface area contributed by atoms with Crippen LogP contribution in [0.2, 0.25) is 0 Å². The van der Waals surface area contributed by atoms with Crippen LogP contribution in [0.4, 0.5) is 5.69 Å². The summed E-state index contributed by atoms with van der Waals surface area (Å²) in [5, 5.41) is 6.33. The lowest BCUT2D eigenvalue weighted by molar-refractivity contribution is 0.0398. The Morgan fingerprint density at radius 1 is 1.13 bits per heavy atom. The van der Waals surface area contributed by atoms with Gasteiger partial charge in [-0.3, -0.25) is 9.30 Å². The summed E-state index contributed by atoms with van der Waals surface area (Å²) in [6.07, 6.45) is 5.85. The number of ether oxygens (including phenoxy) is 1. The fraction of sp³-hybridized carbons (Fsp3) is 0.318. The summed E-state index contributed by atoms with van der Waals surface area (Å²) < 4.78 is 7.52. The second kappa shape index (κ2) is 9.35. The van der Waals surface area contributed by atoms with Crippen LogP contribution in [0, 0.1) is 0 Å². The van der Waals surface area contributed by atoms with E-state index in [1.165, 1.54) is 0 Å². The van der Waals surface area contributed by atoms with E-state index in [9.17, 15) is 0 Å². The smallest absolute Gasteiger partial charge is 0.194 e. The highest BCUT2D eigenvalue weighted by Gasteiger charge is 2.18. The van der Waals surface area contributed by atoms with Gasteiger partial charge in [0.05, 0.1) is 24.6 Å². The number of morpholine rings is 1. The van der Waals surface area contributed by atoms with E-state index >= 15 is 0 Å². The Hall–Kier alpha value is -2.46. The van der Waals surface area contributed by atoms with Gasteiger partial charge in [-0.05, 0) is 24.5 Å². The molecule has 7 nitrogen and oxygen atoms in total. The highest BCUT2D eigenvalue weighted by molar-refractivity contribution is 7.98. The molecule has 1 N–H and O–H groups in total. The van der Waals surface area contributed by atoms with Crippen molar-refractivity contribution in [3.05, 3.63) is 48.1 Å². The number of benzene rings is 1. The summed E-state index contributed by atoms with van der Waals surface area (Å²) in [5.74, 6) is 0. The maximum atomic E-state index is 5.41. The fourth-order valence-corrected chi connectivity index (χ4v) is 4.80. The first-order valence-corrected chi connectivity index (χ1v) is 12.4. The minimum atomic E-state index is 0.758. The molecule has 1 aromatic carbocycles. The van der Waals surface area contributed by atoms with Crippen molar-refractivity contribution in [2.45, 2.75) is 5.16 Å². The van der Waals surface area contributed by atoms with Gasteiger partial charge in [0.2, 0.25) is 0 Å². The van der Waals surface area contributed by atoms with Crippen LogP contribution in [0.15, 0.2) is 53.3 Å². The predicted octanol–water partition coefficient (Wildman–Crippen LogP) is 3.99. The summed E-state index contributed by atoms with van der Waals surface area (Å²) in [7, 11) is 0. The Bertz CT molecular complexity index is 1150. The number of thioether (sulfide) groups is 1. The zero-order chi connectivity index (χ0) is 21.0. The van der Waals surface area contributed by atoms with Crippen LogP contribution in [0.1, 0.15) is 0 Å². The van der Waals surface area contributed by atoms with E-state index in [-0.39, 0.29) is 0 Å². The second-order valence-electron chi connectivity index (χ2n) is 7.25. The Balaban J connectivity index is 1.37. The molecule has 0 radical (unpaired) electrons. The summed E-state index contributed by atoms with van der Waals surface area (Å²) >= 11 is 3.17. The summed E-state index contributed by atoms with van der Waals surface area (Å²) in [6.45, 7) is 5.65. The number of rotatable bonds is 7. The van der Waals surface area contributed by atoms with Gasteiger partial charge in [-0.1, -0.05) is 23.9 Å². The molecule has 0 amide bonds. The zero-order valence-electron chi connectivity index (χ0n) is 17.3.